The standard InChI is InChI=1S/C13H18FN/c1-9(2)10(3)13(15)8-11-4-6-12(14)7-5-11/h4-7,9,13H,3,8,15H2,1-2H3/t13-/m1/s1. The molecule has 0 unspecified atom stereocenters. The Morgan fingerprint density at radius 1 is 1.33 bits per heavy atom. The molecule has 0 amide bonds. The topological polar surface area (TPSA) is 26.0 Å². The van der Waals surface area contributed by atoms with Gasteiger partial charge in [-0.2, -0.15) is 0 Å². The van der Waals surface area contributed by atoms with Gasteiger partial charge in [-0.05, 0) is 30.0 Å². The first-order chi connectivity index (χ1) is 7.00. The maximum atomic E-state index is 12.7. The van der Waals surface area contributed by atoms with Crippen LogP contribution in [0.15, 0.2) is 36.4 Å². The predicted octanol–water partition coefficient (Wildman–Crippen LogP) is 2.91. The smallest absolute Gasteiger partial charge is 0.123 e. The normalized spacial score (nSPS) is 12.9. The number of benzene rings is 1. The molecule has 1 aromatic rings. The zero-order chi connectivity index (χ0) is 11.4. The van der Waals surface area contributed by atoms with E-state index in [-0.39, 0.29) is 11.9 Å². The average molecular weight is 207 g/mol. The van der Waals surface area contributed by atoms with Crippen molar-refractivity contribution in [3.05, 3.63) is 47.8 Å². The van der Waals surface area contributed by atoms with Crippen LogP contribution in [0.2, 0.25) is 0 Å². The Bertz CT molecular complexity index is 327. The summed E-state index contributed by atoms with van der Waals surface area (Å²) >= 11 is 0. The maximum absolute atomic E-state index is 12.7. The van der Waals surface area contributed by atoms with Crippen molar-refractivity contribution >= 4 is 0 Å². The van der Waals surface area contributed by atoms with Crippen LogP contribution in [0.1, 0.15) is 19.4 Å². The van der Waals surface area contributed by atoms with Gasteiger partial charge in [-0.1, -0.05) is 38.1 Å². The van der Waals surface area contributed by atoms with E-state index in [9.17, 15) is 4.39 Å². The summed E-state index contributed by atoms with van der Waals surface area (Å²) in [5.74, 6) is 0.176. The second kappa shape index (κ2) is 5.08. The van der Waals surface area contributed by atoms with Crippen LogP contribution in [0.4, 0.5) is 4.39 Å². The zero-order valence-corrected chi connectivity index (χ0v) is 9.33. The highest BCUT2D eigenvalue weighted by molar-refractivity contribution is 5.20. The van der Waals surface area contributed by atoms with Gasteiger partial charge in [0.2, 0.25) is 0 Å². The molecule has 2 heteroatoms. The van der Waals surface area contributed by atoms with Crippen molar-refractivity contribution in [1.82, 2.24) is 0 Å². The van der Waals surface area contributed by atoms with Crippen LogP contribution in [0.3, 0.4) is 0 Å². The third kappa shape index (κ3) is 3.48. The fraction of sp³-hybridized carbons (Fsp3) is 0.385. The minimum Gasteiger partial charge on any atom is -0.324 e. The van der Waals surface area contributed by atoms with E-state index in [2.05, 4.69) is 20.4 Å². The molecule has 0 spiro atoms. The molecule has 0 aliphatic heterocycles. The molecule has 15 heavy (non-hydrogen) atoms. The number of hydrogen-bond acceptors (Lipinski definition) is 1. The van der Waals surface area contributed by atoms with Gasteiger partial charge in [-0.3, -0.25) is 0 Å². The SMILES string of the molecule is C=C(C(C)C)[C@H](N)Cc1ccc(F)cc1. The molecule has 2 N–H and O–H groups in total. The van der Waals surface area contributed by atoms with Crippen LogP contribution in [-0.2, 0) is 6.42 Å². The molecule has 0 bridgehead atoms. The molecule has 0 heterocycles. The molecule has 82 valence electrons. The third-order valence-electron chi connectivity index (χ3n) is 2.59. The van der Waals surface area contributed by atoms with Gasteiger partial charge in [0.05, 0.1) is 0 Å². The Morgan fingerprint density at radius 3 is 2.33 bits per heavy atom. The Hall–Kier alpha value is -1.15. The van der Waals surface area contributed by atoms with Crippen molar-refractivity contribution in [1.29, 1.82) is 0 Å². The van der Waals surface area contributed by atoms with Gasteiger partial charge in [0.25, 0.3) is 0 Å². The molecule has 0 aromatic heterocycles. The van der Waals surface area contributed by atoms with E-state index in [1.54, 1.807) is 12.1 Å². The number of hydrogen-bond donors (Lipinski definition) is 1. The van der Waals surface area contributed by atoms with Gasteiger partial charge >= 0.3 is 0 Å². The highest BCUT2D eigenvalue weighted by Crippen LogP contribution is 2.14. The fourth-order valence-corrected chi connectivity index (χ4v) is 1.43. The molecule has 0 radical (unpaired) electrons. The van der Waals surface area contributed by atoms with E-state index < -0.39 is 0 Å². The van der Waals surface area contributed by atoms with Gasteiger partial charge in [0, 0.05) is 6.04 Å². The first-order valence-electron chi connectivity index (χ1n) is 5.19. The van der Waals surface area contributed by atoms with Crippen molar-refractivity contribution in [3.8, 4) is 0 Å². The van der Waals surface area contributed by atoms with E-state index in [0.717, 1.165) is 17.6 Å². The van der Waals surface area contributed by atoms with Crippen molar-refractivity contribution < 1.29 is 4.39 Å². The molecular formula is C13H18FN. The monoisotopic (exact) mass is 207 g/mol. The first-order valence-corrected chi connectivity index (χ1v) is 5.19. The lowest BCUT2D eigenvalue weighted by Crippen LogP contribution is -2.27. The lowest BCUT2D eigenvalue weighted by molar-refractivity contribution is 0.622. The Kier molecular flexibility index (Phi) is 4.04. The molecule has 0 saturated heterocycles. The molecule has 0 saturated carbocycles. The molecule has 1 atom stereocenters. The van der Waals surface area contributed by atoms with Crippen molar-refractivity contribution in [3.63, 3.8) is 0 Å². The second-order valence-corrected chi connectivity index (χ2v) is 4.17. The summed E-state index contributed by atoms with van der Waals surface area (Å²) < 4.78 is 12.7. The van der Waals surface area contributed by atoms with Gasteiger partial charge in [0.1, 0.15) is 5.82 Å². The van der Waals surface area contributed by atoms with E-state index in [4.69, 9.17) is 5.73 Å². The summed E-state index contributed by atoms with van der Waals surface area (Å²) in [7, 11) is 0. The number of halogens is 1. The van der Waals surface area contributed by atoms with Crippen molar-refractivity contribution in [2.75, 3.05) is 0 Å². The van der Waals surface area contributed by atoms with E-state index in [0.29, 0.717) is 5.92 Å². The van der Waals surface area contributed by atoms with Crippen molar-refractivity contribution in [2.45, 2.75) is 26.3 Å². The predicted molar refractivity (Wildman–Crippen MR) is 62.1 cm³/mol. The van der Waals surface area contributed by atoms with Gasteiger partial charge < -0.3 is 5.73 Å². The first kappa shape index (κ1) is 11.9. The molecule has 1 aromatic carbocycles. The molecule has 0 aliphatic rings. The van der Waals surface area contributed by atoms with Crippen LogP contribution in [0.5, 0.6) is 0 Å². The molecule has 1 rings (SSSR count). The number of nitrogens with two attached hydrogens (primary N) is 1. The minimum absolute atomic E-state index is 0.0459. The zero-order valence-electron chi connectivity index (χ0n) is 9.33. The van der Waals surface area contributed by atoms with Crippen LogP contribution in [-0.4, -0.2) is 6.04 Å². The Morgan fingerprint density at radius 2 is 1.87 bits per heavy atom. The summed E-state index contributed by atoms with van der Waals surface area (Å²) in [6.45, 7) is 8.12. The minimum atomic E-state index is -0.213. The van der Waals surface area contributed by atoms with Crippen LogP contribution >= 0.6 is 0 Å². The summed E-state index contributed by atoms with van der Waals surface area (Å²) in [6.07, 6.45) is 0.720. The van der Waals surface area contributed by atoms with E-state index in [1.165, 1.54) is 12.1 Å². The molecule has 0 fully saturated rings. The quantitative estimate of drug-likeness (QED) is 0.755. The largest absolute Gasteiger partial charge is 0.324 e. The van der Waals surface area contributed by atoms with Crippen LogP contribution in [0.25, 0.3) is 0 Å². The van der Waals surface area contributed by atoms with Crippen molar-refractivity contribution in [2.24, 2.45) is 11.7 Å². The lowest BCUT2D eigenvalue weighted by atomic mass is 9.93. The lowest BCUT2D eigenvalue weighted by Gasteiger charge is -2.17. The summed E-state index contributed by atoms with van der Waals surface area (Å²) in [5.41, 5.74) is 8.08. The highest BCUT2D eigenvalue weighted by atomic mass is 19.1. The Balaban J connectivity index is 2.62. The second-order valence-electron chi connectivity index (χ2n) is 4.17. The molecule has 1 nitrogen and oxygen atoms in total. The van der Waals surface area contributed by atoms with Gasteiger partial charge in [-0.15, -0.1) is 0 Å². The number of rotatable bonds is 4. The summed E-state index contributed by atoms with van der Waals surface area (Å²) in [6, 6.07) is 6.40. The Labute approximate surface area is 90.8 Å². The van der Waals surface area contributed by atoms with E-state index in [1.807, 2.05) is 0 Å². The molecule has 0 aliphatic carbocycles. The van der Waals surface area contributed by atoms with Crippen LogP contribution in [0, 0.1) is 11.7 Å². The average Bonchev–Trinajstić information content (AvgIpc) is 2.20. The summed E-state index contributed by atoms with van der Waals surface area (Å²) in [5, 5.41) is 0. The van der Waals surface area contributed by atoms with Gasteiger partial charge in [-0.25, -0.2) is 4.39 Å². The fourth-order valence-electron chi connectivity index (χ4n) is 1.43. The third-order valence-corrected chi connectivity index (χ3v) is 2.59. The van der Waals surface area contributed by atoms with Gasteiger partial charge in [0.15, 0.2) is 0 Å². The maximum Gasteiger partial charge on any atom is 0.123 e. The van der Waals surface area contributed by atoms with Crippen LogP contribution < -0.4 is 5.73 Å². The molecular weight excluding hydrogens is 189 g/mol. The summed E-state index contributed by atoms with van der Waals surface area (Å²) in [4.78, 5) is 0. The van der Waals surface area contributed by atoms with E-state index >= 15 is 0 Å². The highest BCUT2D eigenvalue weighted by Gasteiger charge is 2.11.